The van der Waals surface area contributed by atoms with Crippen LogP contribution in [0.4, 0.5) is 5.69 Å². The molecule has 31 heavy (non-hydrogen) atoms. The van der Waals surface area contributed by atoms with Gasteiger partial charge in [0.15, 0.2) is 0 Å². The number of hydrogen-bond donors (Lipinski definition) is 3. The first kappa shape index (κ1) is 22.8. The normalized spacial score (nSPS) is 18.8. The minimum atomic E-state index is -3.83. The molecule has 1 aliphatic carbocycles. The molecule has 4 N–H and O–H groups in total. The number of amides is 2. The average molecular weight is 446 g/mol. The van der Waals surface area contributed by atoms with Crippen LogP contribution in [0.1, 0.15) is 43.0 Å². The monoisotopic (exact) mass is 445 g/mol. The molecule has 1 saturated carbocycles. The van der Waals surface area contributed by atoms with Crippen LogP contribution in [0.5, 0.6) is 5.75 Å². The number of carbonyl (C=O) groups excluding carboxylic acids is 2. The van der Waals surface area contributed by atoms with Gasteiger partial charge in [-0.25, -0.2) is 13.6 Å². The van der Waals surface area contributed by atoms with Crippen LogP contribution < -0.4 is 20.5 Å². The van der Waals surface area contributed by atoms with Crippen molar-refractivity contribution in [1.29, 1.82) is 0 Å². The minimum absolute atomic E-state index is 0.00184. The highest BCUT2D eigenvalue weighted by Gasteiger charge is 2.27. The van der Waals surface area contributed by atoms with Crippen molar-refractivity contribution in [3.8, 4) is 5.75 Å². The smallest absolute Gasteiger partial charge is 0.251 e. The lowest BCUT2D eigenvalue weighted by Gasteiger charge is -2.28. The predicted octanol–water partition coefficient (Wildman–Crippen LogP) is 2.66. The summed E-state index contributed by atoms with van der Waals surface area (Å²) in [4.78, 5) is 25.1. The summed E-state index contributed by atoms with van der Waals surface area (Å²) >= 11 is 0. The minimum Gasteiger partial charge on any atom is -0.494 e. The van der Waals surface area contributed by atoms with Crippen LogP contribution in [0, 0.1) is 5.92 Å². The van der Waals surface area contributed by atoms with Crippen LogP contribution >= 0.6 is 0 Å². The fourth-order valence-corrected chi connectivity index (χ4v) is 4.22. The lowest BCUT2D eigenvalue weighted by Crippen LogP contribution is -2.39. The molecule has 0 radical (unpaired) electrons. The maximum absolute atomic E-state index is 12.6. The van der Waals surface area contributed by atoms with Crippen LogP contribution in [0.3, 0.4) is 0 Å². The molecule has 0 spiro atoms. The highest BCUT2D eigenvalue weighted by molar-refractivity contribution is 7.89. The molecule has 0 bridgehead atoms. The molecule has 0 unspecified atom stereocenters. The first-order valence-corrected chi connectivity index (χ1v) is 11.8. The Morgan fingerprint density at radius 2 is 1.77 bits per heavy atom. The fraction of sp³-hybridized carbons (Fsp3) is 0.364. The van der Waals surface area contributed by atoms with E-state index in [4.69, 9.17) is 9.88 Å². The molecule has 8 nitrogen and oxygen atoms in total. The number of primary sulfonamides is 1. The number of hydrogen-bond acceptors (Lipinski definition) is 5. The largest absolute Gasteiger partial charge is 0.494 e. The van der Waals surface area contributed by atoms with Crippen LogP contribution in [-0.2, 0) is 14.8 Å². The molecule has 2 amide bonds. The van der Waals surface area contributed by atoms with E-state index in [-0.39, 0.29) is 28.7 Å². The number of sulfonamides is 1. The molecule has 0 saturated heterocycles. The van der Waals surface area contributed by atoms with Crippen LogP contribution in [0.25, 0.3) is 0 Å². The van der Waals surface area contributed by atoms with E-state index >= 15 is 0 Å². The number of benzene rings is 2. The molecule has 0 aromatic heterocycles. The maximum atomic E-state index is 12.6. The zero-order chi connectivity index (χ0) is 22.4. The van der Waals surface area contributed by atoms with Crippen LogP contribution in [0.2, 0.25) is 0 Å². The van der Waals surface area contributed by atoms with E-state index in [0.717, 1.165) is 0 Å². The van der Waals surface area contributed by atoms with Crippen molar-refractivity contribution in [1.82, 2.24) is 5.32 Å². The number of ether oxygens (including phenoxy) is 1. The number of nitrogens with two attached hydrogens (primary N) is 1. The summed E-state index contributed by atoms with van der Waals surface area (Å²) in [5, 5.41) is 10.9. The first-order valence-electron chi connectivity index (χ1n) is 10.2. The third-order valence-corrected chi connectivity index (χ3v) is 6.18. The molecule has 0 atom stereocenters. The van der Waals surface area contributed by atoms with Crippen molar-refractivity contribution < 1.29 is 22.7 Å². The van der Waals surface area contributed by atoms with Gasteiger partial charge >= 0.3 is 0 Å². The zero-order valence-corrected chi connectivity index (χ0v) is 18.2. The van der Waals surface area contributed by atoms with E-state index < -0.39 is 10.0 Å². The van der Waals surface area contributed by atoms with E-state index in [1.165, 1.54) is 18.2 Å². The van der Waals surface area contributed by atoms with Gasteiger partial charge in [-0.1, -0.05) is 12.1 Å². The quantitative estimate of drug-likeness (QED) is 0.604. The van der Waals surface area contributed by atoms with Crippen molar-refractivity contribution in [2.75, 3.05) is 11.9 Å². The Kier molecular flexibility index (Phi) is 7.29. The van der Waals surface area contributed by atoms with Gasteiger partial charge in [-0.2, -0.15) is 0 Å². The van der Waals surface area contributed by atoms with Crippen molar-refractivity contribution in [3.05, 3.63) is 54.1 Å². The second-order valence-electron chi connectivity index (χ2n) is 7.54. The fourth-order valence-electron chi connectivity index (χ4n) is 3.66. The molecule has 2 aromatic carbocycles. The van der Waals surface area contributed by atoms with Crippen molar-refractivity contribution in [2.45, 2.75) is 43.5 Å². The molecule has 9 heteroatoms. The highest BCUT2D eigenvalue weighted by atomic mass is 32.2. The third-order valence-electron chi connectivity index (χ3n) is 5.27. The summed E-state index contributed by atoms with van der Waals surface area (Å²) < 4.78 is 28.4. The topological polar surface area (TPSA) is 128 Å². The Labute approximate surface area is 182 Å². The molecule has 166 valence electrons. The van der Waals surface area contributed by atoms with Gasteiger partial charge in [0.1, 0.15) is 5.75 Å². The number of rotatable bonds is 7. The molecule has 0 aliphatic heterocycles. The Morgan fingerprint density at radius 3 is 2.45 bits per heavy atom. The van der Waals surface area contributed by atoms with Gasteiger partial charge < -0.3 is 15.4 Å². The van der Waals surface area contributed by atoms with Crippen molar-refractivity contribution in [2.24, 2.45) is 11.1 Å². The van der Waals surface area contributed by atoms with Crippen molar-refractivity contribution >= 4 is 27.5 Å². The lowest BCUT2D eigenvalue weighted by atomic mass is 9.85. The SMILES string of the molecule is CCOc1cccc(C(=O)NC2CCC(C(=O)Nc3cccc(S(N)(=O)=O)c3)CC2)c1. The summed E-state index contributed by atoms with van der Waals surface area (Å²) in [7, 11) is -3.83. The van der Waals surface area contributed by atoms with Gasteiger partial charge in [0.2, 0.25) is 15.9 Å². The van der Waals surface area contributed by atoms with E-state index in [0.29, 0.717) is 49.3 Å². The van der Waals surface area contributed by atoms with E-state index in [9.17, 15) is 18.0 Å². The number of nitrogens with one attached hydrogen (secondary N) is 2. The van der Waals surface area contributed by atoms with Crippen molar-refractivity contribution in [3.63, 3.8) is 0 Å². The van der Waals surface area contributed by atoms with E-state index in [1.54, 1.807) is 24.3 Å². The summed E-state index contributed by atoms with van der Waals surface area (Å²) in [6.45, 7) is 2.42. The Balaban J connectivity index is 1.52. The lowest BCUT2D eigenvalue weighted by molar-refractivity contribution is -0.120. The molecule has 2 aromatic rings. The Hall–Kier alpha value is -2.91. The average Bonchev–Trinajstić information content (AvgIpc) is 2.74. The maximum Gasteiger partial charge on any atom is 0.251 e. The molecule has 1 fully saturated rings. The van der Waals surface area contributed by atoms with Gasteiger partial charge in [-0.05, 0) is 69.0 Å². The molecule has 0 heterocycles. The van der Waals surface area contributed by atoms with E-state index in [2.05, 4.69) is 10.6 Å². The third kappa shape index (κ3) is 6.28. The van der Waals surface area contributed by atoms with Gasteiger partial charge in [0.05, 0.1) is 11.5 Å². The first-order chi connectivity index (χ1) is 14.8. The van der Waals surface area contributed by atoms with Crippen LogP contribution in [-0.4, -0.2) is 32.9 Å². The van der Waals surface area contributed by atoms with Gasteiger partial charge in [-0.3, -0.25) is 9.59 Å². The van der Waals surface area contributed by atoms with Gasteiger partial charge in [0.25, 0.3) is 5.91 Å². The van der Waals surface area contributed by atoms with E-state index in [1.807, 2.05) is 13.0 Å². The number of anilines is 1. The number of carbonyl (C=O) groups is 2. The second-order valence-corrected chi connectivity index (χ2v) is 9.11. The summed E-state index contributed by atoms with van der Waals surface area (Å²) in [5.41, 5.74) is 0.932. The molecular weight excluding hydrogens is 418 g/mol. The second kappa shape index (κ2) is 9.93. The Morgan fingerprint density at radius 1 is 1.06 bits per heavy atom. The van der Waals surface area contributed by atoms with Gasteiger partial charge in [-0.15, -0.1) is 0 Å². The summed E-state index contributed by atoms with van der Waals surface area (Å²) in [5.74, 6) is 0.129. The molecule has 1 aliphatic rings. The standard InChI is InChI=1S/C22H27N3O5S/c1-2-30-19-7-3-5-16(13-19)22(27)24-17-11-9-15(10-12-17)21(26)25-18-6-4-8-20(14-18)31(23,28)29/h3-8,13-15,17H,2,9-12H2,1H3,(H,24,27)(H,25,26)(H2,23,28,29). The van der Waals surface area contributed by atoms with Crippen LogP contribution in [0.15, 0.2) is 53.4 Å². The zero-order valence-electron chi connectivity index (χ0n) is 17.3. The highest BCUT2D eigenvalue weighted by Crippen LogP contribution is 2.26. The molecular formula is C22H27N3O5S. The van der Waals surface area contributed by atoms with Gasteiger partial charge in [0, 0.05) is 23.2 Å². The molecule has 3 rings (SSSR count). The summed E-state index contributed by atoms with van der Waals surface area (Å²) in [6.07, 6.45) is 2.63. The summed E-state index contributed by atoms with van der Waals surface area (Å²) in [6, 6.07) is 12.9. The Bertz CT molecular complexity index is 1050. The predicted molar refractivity (Wildman–Crippen MR) is 117 cm³/mol.